The summed E-state index contributed by atoms with van der Waals surface area (Å²) in [6.45, 7) is 6.63. The number of ether oxygens (including phenoxy) is 1. The van der Waals surface area contributed by atoms with Crippen molar-refractivity contribution in [2.24, 2.45) is 0 Å². The molecule has 0 fully saturated rings. The second kappa shape index (κ2) is 9.40. The van der Waals surface area contributed by atoms with Gasteiger partial charge in [0.1, 0.15) is 18.1 Å². The molecule has 0 aliphatic carbocycles. The number of anilines is 1. The third-order valence-corrected chi connectivity index (χ3v) is 5.60. The Morgan fingerprint density at radius 3 is 2.75 bits per heavy atom. The van der Waals surface area contributed by atoms with Gasteiger partial charge in [-0.15, -0.1) is 0 Å². The molecule has 2 aromatic heterocycles. The van der Waals surface area contributed by atoms with Crippen LogP contribution in [0.5, 0.6) is 5.75 Å². The molecule has 4 aromatic rings. The van der Waals surface area contributed by atoms with E-state index < -0.39 is 0 Å². The van der Waals surface area contributed by atoms with Gasteiger partial charge in [-0.1, -0.05) is 23.4 Å². The number of carbonyl (C=O) groups is 1. The number of rotatable bonds is 7. The molecular weight excluding hydrogens is 472 g/mol. The molecule has 8 heteroatoms. The van der Waals surface area contributed by atoms with Gasteiger partial charge in [0.15, 0.2) is 5.69 Å². The van der Waals surface area contributed by atoms with E-state index in [4.69, 9.17) is 9.26 Å². The highest BCUT2D eigenvalue weighted by Crippen LogP contribution is 2.22. The Labute approximate surface area is 194 Å². The number of nitrogens with zero attached hydrogens (tertiary/aromatic N) is 3. The Balaban J connectivity index is 1.46. The Morgan fingerprint density at radius 2 is 2.00 bits per heavy atom. The first-order valence-corrected chi connectivity index (χ1v) is 10.9. The van der Waals surface area contributed by atoms with Gasteiger partial charge in [0.25, 0.3) is 5.91 Å². The normalized spacial score (nSPS) is 10.9. The van der Waals surface area contributed by atoms with Crippen LogP contribution >= 0.6 is 15.9 Å². The van der Waals surface area contributed by atoms with E-state index in [1.165, 1.54) is 5.56 Å². The summed E-state index contributed by atoms with van der Waals surface area (Å²) in [6.07, 6.45) is 3.63. The second-order valence-corrected chi connectivity index (χ2v) is 8.53. The van der Waals surface area contributed by atoms with Crippen LogP contribution in [0.3, 0.4) is 0 Å². The summed E-state index contributed by atoms with van der Waals surface area (Å²) in [5.41, 5.74) is 4.85. The van der Waals surface area contributed by atoms with Gasteiger partial charge in [-0.2, -0.15) is 5.10 Å². The van der Waals surface area contributed by atoms with E-state index in [1.54, 1.807) is 13.1 Å². The minimum absolute atomic E-state index is 0.189. The van der Waals surface area contributed by atoms with Gasteiger partial charge in [0.2, 0.25) is 0 Å². The van der Waals surface area contributed by atoms with Gasteiger partial charge in [-0.25, -0.2) is 0 Å². The van der Waals surface area contributed by atoms with Gasteiger partial charge < -0.3 is 14.6 Å². The van der Waals surface area contributed by atoms with Crippen LogP contribution < -0.4 is 10.1 Å². The van der Waals surface area contributed by atoms with E-state index in [-0.39, 0.29) is 18.2 Å². The third kappa shape index (κ3) is 5.08. The zero-order valence-corrected chi connectivity index (χ0v) is 19.6. The molecule has 1 N–H and O–H groups in total. The first-order valence-electron chi connectivity index (χ1n) is 10.1. The van der Waals surface area contributed by atoms with Crippen molar-refractivity contribution in [2.75, 3.05) is 5.32 Å². The lowest BCUT2D eigenvalue weighted by Gasteiger charge is -2.10. The van der Waals surface area contributed by atoms with Crippen molar-refractivity contribution in [1.82, 2.24) is 14.9 Å². The average molecular weight is 495 g/mol. The highest BCUT2D eigenvalue weighted by Gasteiger charge is 2.21. The van der Waals surface area contributed by atoms with Gasteiger partial charge in [-0.3, -0.25) is 9.48 Å². The van der Waals surface area contributed by atoms with Crippen LogP contribution in [0.1, 0.15) is 38.5 Å². The zero-order valence-electron chi connectivity index (χ0n) is 18.1. The maximum Gasteiger partial charge on any atom is 0.278 e. The number of aryl methyl sites for hydroxylation is 3. The molecular formula is C24H23BrN4O3. The molecule has 4 rings (SSSR count). The van der Waals surface area contributed by atoms with Crippen molar-refractivity contribution in [2.45, 2.75) is 33.9 Å². The van der Waals surface area contributed by atoms with Crippen molar-refractivity contribution < 1.29 is 14.1 Å². The molecule has 0 radical (unpaired) electrons. The predicted octanol–water partition coefficient (Wildman–Crippen LogP) is 5.44. The topological polar surface area (TPSA) is 82.2 Å². The number of benzene rings is 2. The fourth-order valence-electron chi connectivity index (χ4n) is 3.25. The van der Waals surface area contributed by atoms with E-state index in [0.29, 0.717) is 23.6 Å². The molecule has 7 nitrogen and oxygen atoms in total. The van der Waals surface area contributed by atoms with Crippen molar-refractivity contribution in [3.8, 4) is 5.75 Å². The number of nitrogens with one attached hydrogen (secondary N) is 1. The number of hydrogen-bond acceptors (Lipinski definition) is 5. The summed E-state index contributed by atoms with van der Waals surface area (Å²) in [5, 5.41) is 11.1. The van der Waals surface area contributed by atoms with Crippen LogP contribution in [-0.4, -0.2) is 20.8 Å². The standard InChI is InChI=1S/C24H23BrN4O3/c1-15-7-8-21(9-16(15)2)31-14-22-17(3)32-28-23(22)24(30)27-20-6-4-5-18(10-20)12-29-13-19(25)11-26-29/h4-11,13H,12,14H2,1-3H3,(H,27,30). The highest BCUT2D eigenvalue weighted by molar-refractivity contribution is 9.10. The number of halogens is 1. The monoisotopic (exact) mass is 494 g/mol. The van der Waals surface area contributed by atoms with E-state index in [0.717, 1.165) is 21.3 Å². The van der Waals surface area contributed by atoms with E-state index in [1.807, 2.05) is 60.3 Å². The predicted molar refractivity (Wildman–Crippen MR) is 125 cm³/mol. The van der Waals surface area contributed by atoms with Crippen molar-refractivity contribution in [3.63, 3.8) is 0 Å². The molecule has 2 heterocycles. The van der Waals surface area contributed by atoms with Crippen molar-refractivity contribution in [3.05, 3.63) is 93.0 Å². The maximum atomic E-state index is 12.9. The van der Waals surface area contributed by atoms with Crippen molar-refractivity contribution in [1.29, 1.82) is 0 Å². The molecule has 0 unspecified atom stereocenters. The molecule has 1 amide bonds. The summed E-state index contributed by atoms with van der Waals surface area (Å²) >= 11 is 3.40. The van der Waals surface area contributed by atoms with Crippen LogP contribution in [-0.2, 0) is 13.2 Å². The molecule has 0 saturated carbocycles. The van der Waals surface area contributed by atoms with Gasteiger partial charge in [0, 0.05) is 11.9 Å². The first kappa shape index (κ1) is 21.8. The van der Waals surface area contributed by atoms with Crippen LogP contribution in [0.2, 0.25) is 0 Å². The second-order valence-electron chi connectivity index (χ2n) is 7.61. The zero-order chi connectivity index (χ0) is 22.7. The fraction of sp³-hybridized carbons (Fsp3) is 0.208. The van der Waals surface area contributed by atoms with Gasteiger partial charge in [-0.05, 0) is 77.7 Å². The number of aromatic nitrogens is 3. The van der Waals surface area contributed by atoms with E-state index in [2.05, 4.69) is 38.4 Å². The number of carbonyl (C=O) groups excluding carboxylic acids is 1. The quantitative estimate of drug-likeness (QED) is 0.369. The Kier molecular flexibility index (Phi) is 6.41. The van der Waals surface area contributed by atoms with Gasteiger partial charge >= 0.3 is 0 Å². The highest BCUT2D eigenvalue weighted by atomic mass is 79.9. The summed E-state index contributed by atoms with van der Waals surface area (Å²) < 4.78 is 13.9. The average Bonchev–Trinajstić information content (AvgIpc) is 3.34. The number of hydrogen-bond donors (Lipinski definition) is 1. The third-order valence-electron chi connectivity index (χ3n) is 5.19. The molecule has 0 saturated heterocycles. The van der Waals surface area contributed by atoms with E-state index in [9.17, 15) is 4.79 Å². The van der Waals surface area contributed by atoms with Crippen molar-refractivity contribution >= 4 is 27.5 Å². The Morgan fingerprint density at radius 1 is 1.16 bits per heavy atom. The summed E-state index contributed by atoms with van der Waals surface area (Å²) in [6, 6.07) is 13.5. The lowest BCUT2D eigenvalue weighted by atomic mass is 10.1. The summed E-state index contributed by atoms with van der Waals surface area (Å²) in [5.74, 6) is 0.939. The largest absolute Gasteiger partial charge is 0.489 e. The molecule has 0 spiro atoms. The fourth-order valence-corrected chi connectivity index (χ4v) is 3.58. The molecule has 0 aliphatic rings. The summed E-state index contributed by atoms with van der Waals surface area (Å²) in [4.78, 5) is 12.9. The lowest BCUT2D eigenvalue weighted by Crippen LogP contribution is -2.15. The molecule has 32 heavy (non-hydrogen) atoms. The smallest absolute Gasteiger partial charge is 0.278 e. The molecule has 2 aromatic carbocycles. The summed E-state index contributed by atoms with van der Waals surface area (Å²) in [7, 11) is 0. The minimum atomic E-state index is -0.348. The van der Waals surface area contributed by atoms with Crippen LogP contribution in [0, 0.1) is 20.8 Å². The van der Waals surface area contributed by atoms with Crippen LogP contribution in [0.25, 0.3) is 0 Å². The molecule has 0 aliphatic heterocycles. The van der Waals surface area contributed by atoms with Crippen LogP contribution in [0.4, 0.5) is 5.69 Å². The Hall–Kier alpha value is -3.39. The van der Waals surface area contributed by atoms with E-state index >= 15 is 0 Å². The first-order chi connectivity index (χ1) is 15.4. The number of amides is 1. The van der Waals surface area contributed by atoms with Gasteiger partial charge in [0.05, 0.1) is 22.8 Å². The lowest BCUT2D eigenvalue weighted by molar-refractivity contribution is 0.101. The molecule has 164 valence electrons. The minimum Gasteiger partial charge on any atom is -0.489 e. The molecule has 0 bridgehead atoms. The molecule has 0 atom stereocenters. The SMILES string of the molecule is Cc1ccc(OCc2c(C(=O)Nc3cccc(Cn4cc(Br)cn4)c3)noc2C)cc1C. The Bertz CT molecular complexity index is 1260. The maximum absolute atomic E-state index is 12.9. The van der Waals surface area contributed by atoms with Crippen LogP contribution in [0.15, 0.2) is 63.9 Å².